The van der Waals surface area contributed by atoms with Crippen molar-refractivity contribution in [3.8, 4) is 10.6 Å². The maximum Gasteiger partial charge on any atom is 0.233 e. The first-order valence-corrected chi connectivity index (χ1v) is 10.2. The average Bonchev–Trinajstić information content (AvgIpc) is 3.14. The van der Waals surface area contributed by atoms with Gasteiger partial charge in [0, 0.05) is 17.1 Å². The summed E-state index contributed by atoms with van der Waals surface area (Å²) in [6.45, 7) is 4.78. The second-order valence-corrected chi connectivity index (χ2v) is 7.73. The number of rotatable bonds is 7. The van der Waals surface area contributed by atoms with Crippen molar-refractivity contribution in [2.24, 2.45) is 0 Å². The van der Waals surface area contributed by atoms with Crippen LogP contribution < -0.4 is 4.90 Å². The fourth-order valence-electron chi connectivity index (χ4n) is 2.79. The van der Waals surface area contributed by atoms with E-state index in [1.807, 2.05) is 55.5 Å². The summed E-state index contributed by atoms with van der Waals surface area (Å²) in [5.41, 5.74) is 3.02. The monoisotopic (exact) mass is 399 g/mol. The summed E-state index contributed by atoms with van der Waals surface area (Å²) in [5.74, 6) is -0.0102. The lowest BCUT2D eigenvalue weighted by atomic mass is 10.1. The van der Waals surface area contributed by atoms with Gasteiger partial charge in [-0.1, -0.05) is 78.7 Å². The zero-order valence-electron chi connectivity index (χ0n) is 15.5. The molecule has 27 heavy (non-hydrogen) atoms. The topological polar surface area (TPSA) is 46.1 Å². The van der Waals surface area contributed by atoms with Crippen LogP contribution in [0.4, 0.5) is 5.13 Å². The summed E-state index contributed by atoms with van der Waals surface area (Å²) in [6, 6.07) is 15.5. The number of halogens is 1. The Hall–Kier alpha value is -2.24. The molecule has 140 valence electrons. The van der Waals surface area contributed by atoms with Crippen LogP contribution in [0.3, 0.4) is 0 Å². The van der Waals surface area contributed by atoms with Gasteiger partial charge in [0.15, 0.2) is 0 Å². The van der Waals surface area contributed by atoms with E-state index in [0.717, 1.165) is 34.5 Å². The highest BCUT2D eigenvalue weighted by Crippen LogP contribution is 2.31. The first-order valence-electron chi connectivity index (χ1n) is 9.03. The molecule has 0 spiro atoms. The normalized spacial score (nSPS) is 10.8. The highest BCUT2D eigenvalue weighted by molar-refractivity contribution is 7.18. The molecule has 4 nitrogen and oxygen atoms in total. The molecule has 0 fully saturated rings. The number of nitrogens with zero attached hydrogens (tertiary/aromatic N) is 3. The number of carbonyl (C=O) groups excluding carboxylic acids is 1. The Bertz CT molecular complexity index is 925. The predicted molar refractivity (Wildman–Crippen MR) is 112 cm³/mol. The van der Waals surface area contributed by atoms with Crippen molar-refractivity contribution in [3.05, 3.63) is 64.7 Å². The van der Waals surface area contributed by atoms with Gasteiger partial charge in [-0.05, 0) is 30.5 Å². The minimum absolute atomic E-state index is 0.0102. The molecular weight excluding hydrogens is 378 g/mol. The lowest BCUT2D eigenvalue weighted by molar-refractivity contribution is -0.118. The molecular formula is C21H22ClN3OS. The largest absolute Gasteiger partial charge is 0.286 e. The van der Waals surface area contributed by atoms with Gasteiger partial charge in [-0.3, -0.25) is 9.69 Å². The lowest BCUT2D eigenvalue weighted by Gasteiger charge is -2.19. The van der Waals surface area contributed by atoms with Crippen molar-refractivity contribution in [1.29, 1.82) is 0 Å². The van der Waals surface area contributed by atoms with E-state index in [1.165, 1.54) is 11.3 Å². The zero-order valence-corrected chi connectivity index (χ0v) is 17.1. The molecule has 0 radical (unpaired) electrons. The molecule has 0 atom stereocenters. The third-order valence-corrected chi connectivity index (χ3v) is 5.70. The number of aromatic nitrogens is 2. The molecule has 0 aliphatic carbocycles. The van der Waals surface area contributed by atoms with Crippen LogP contribution in [0.15, 0.2) is 48.5 Å². The fourth-order valence-corrected chi connectivity index (χ4v) is 3.97. The van der Waals surface area contributed by atoms with Gasteiger partial charge in [0.1, 0.15) is 5.01 Å². The van der Waals surface area contributed by atoms with Gasteiger partial charge in [0.2, 0.25) is 11.0 Å². The molecule has 0 aliphatic heterocycles. The van der Waals surface area contributed by atoms with Crippen molar-refractivity contribution < 1.29 is 4.79 Å². The maximum atomic E-state index is 13.0. The molecule has 0 aliphatic rings. The highest BCUT2D eigenvalue weighted by atomic mass is 35.5. The van der Waals surface area contributed by atoms with Gasteiger partial charge in [-0.15, -0.1) is 10.2 Å². The van der Waals surface area contributed by atoms with Crippen molar-refractivity contribution in [2.75, 3.05) is 11.4 Å². The van der Waals surface area contributed by atoms with Gasteiger partial charge < -0.3 is 0 Å². The summed E-state index contributed by atoms with van der Waals surface area (Å²) in [5, 5.41) is 10.7. The van der Waals surface area contributed by atoms with E-state index in [1.54, 1.807) is 4.90 Å². The summed E-state index contributed by atoms with van der Waals surface area (Å²) >= 11 is 7.68. The smallest absolute Gasteiger partial charge is 0.233 e. The minimum Gasteiger partial charge on any atom is -0.286 e. The zero-order chi connectivity index (χ0) is 19.2. The summed E-state index contributed by atoms with van der Waals surface area (Å²) in [7, 11) is 0. The van der Waals surface area contributed by atoms with Crippen LogP contribution in [-0.4, -0.2) is 22.6 Å². The second-order valence-electron chi connectivity index (χ2n) is 6.37. The van der Waals surface area contributed by atoms with Crippen molar-refractivity contribution >= 4 is 34.0 Å². The number of anilines is 1. The van der Waals surface area contributed by atoms with Gasteiger partial charge >= 0.3 is 0 Å². The molecule has 3 rings (SSSR count). The SMILES string of the molecule is CCCCN(C(=O)Cc1ccccc1Cl)c1nnc(-c2ccccc2C)s1. The van der Waals surface area contributed by atoms with E-state index in [-0.39, 0.29) is 12.3 Å². The molecule has 0 saturated heterocycles. The van der Waals surface area contributed by atoms with E-state index >= 15 is 0 Å². The van der Waals surface area contributed by atoms with E-state index in [4.69, 9.17) is 11.6 Å². The van der Waals surface area contributed by atoms with Crippen LogP contribution in [-0.2, 0) is 11.2 Å². The number of aryl methyl sites for hydroxylation is 1. The first kappa shape index (κ1) is 19.5. The number of amides is 1. The number of benzene rings is 2. The van der Waals surface area contributed by atoms with E-state index < -0.39 is 0 Å². The van der Waals surface area contributed by atoms with Crippen LogP contribution in [0.25, 0.3) is 10.6 Å². The molecule has 1 heterocycles. The lowest BCUT2D eigenvalue weighted by Crippen LogP contribution is -2.33. The Labute approximate surface area is 168 Å². The third-order valence-electron chi connectivity index (χ3n) is 4.36. The van der Waals surface area contributed by atoms with Crippen LogP contribution in [0.1, 0.15) is 30.9 Å². The molecule has 0 saturated carbocycles. The summed E-state index contributed by atoms with van der Waals surface area (Å²) < 4.78 is 0. The standard InChI is InChI=1S/C21H22ClN3OS/c1-3-4-13-25(19(26)14-16-10-6-8-12-18(16)22)21-24-23-20(27-21)17-11-7-5-9-15(17)2/h5-12H,3-4,13-14H2,1-2H3. The molecule has 6 heteroatoms. The van der Waals surface area contributed by atoms with Crippen LogP contribution in [0.5, 0.6) is 0 Å². The number of carbonyl (C=O) groups is 1. The van der Waals surface area contributed by atoms with Gasteiger partial charge in [0.05, 0.1) is 6.42 Å². The predicted octanol–water partition coefficient (Wildman–Crippen LogP) is 5.54. The van der Waals surface area contributed by atoms with Gasteiger partial charge in [-0.25, -0.2) is 0 Å². The molecule has 0 unspecified atom stereocenters. The fraction of sp³-hybridized carbons (Fsp3) is 0.286. The Morgan fingerprint density at radius 3 is 2.59 bits per heavy atom. The molecule has 1 amide bonds. The molecule has 2 aromatic carbocycles. The molecule has 0 N–H and O–H groups in total. The molecule has 1 aromatic heterocycles. The van der Waals surface area contributed by atoms with Crippen molar-refractivity contribution in [1.82, 2.24) is 10.2 Å². The minimum atomic E-state index is -0.0102. The number of hydrogen-bond donors (Lipinski definition) is 0. The van der Waals surface area contributed by atoms with Crippen LogP contribution >= 0.6 is 22.9 Å². The third kappa shape index (κ3) is 4.73. The van der Waals surface area contributed by atoms with E-state index in [9.17, 15) is 4.79 Å². The Balaban J connectivity index is 1.86. The quantitative estimate of drug-likeness (QED) is 0.523. The van der Waals surface area contributed by atoms with Gasteiger partial charge in [-0.2, -0.15) is 0 Å². The summed E-state index contributed by atoms with van der Waals surface area (Å²) in [6.07, 6.45) is 2.16. The van der Waals surface area contributed by atoms with Crippen LogP contribution in [0.2, 0.25) is 5.02 Å². The maximum absolute atomic E-state index is 13.0. The first-order chi connectivity index (χ1) is 13.1. The van der Waals surface area contributed by atoms with Gasteiger partial charge in [0.25, 0.3) is 0 Å². The van der Waals surface area contributed by atoms with Crippen molar-refractivity contribution in [2.45, 2.75) is 33.1 Å². The average molecular weight is 400 g/mol. The van der Waals surface area contributed by atoms with E-state index in [0.29, 0.717) is 16.7 Å². The van der Waals surface area contributed by atoms with Crippen LogP contribution in [0, 0.1) is 6.92 Å². The number of hydrogen-bond acceptors (Lipinski definition) is 4. The Morgan fingerprint density at radius 2 is 1.85 bits per heavy atom. The van der Waals surface area contributed by atoms with Crippen molar-refractivity contribution in [3.63, 3.8) is 0 Å². The second kappa shape index (κ2) is 9.11. The molecule has 0 bridgehead atoms. The summed E-state index contributed by atoms with van der Waals surface area (Å²) in [4.78, 5) is 14.7. The Morgan fingerprint density at radius 1 is 1.11 bits per heavy atom. The number of unbranched alkanes of at least 4 members (excludes halogenated alkanes) is 1. The molecule has 3 aromatic rings. The Kier molecular flexibility index (Phi) is 6.58. The van der Waals surface area contributed by atoms with E-state index in [2.05, 4.69) is 17.1 Å². The highest BCUT2D eigenvalue weighted by Gasteiger charge is 2.21.